The fourth-order valence-corrected chi connectivity index (χ4v) is 4.87. The first kappa shape index (κ1) is 31.2. The number of aryl methyl sites for hydroxylation is 1. The Kier molecular flexibility index (Phi) is 11.7. The smallest absolute Gasteiger partial charge is 0.408 e. The first-order valence-electron chi connectivity index (χ1n) is 13.1. The maximum absolute atomic E-state index is 13.1. The van der Waals surface area contributed by atoms with Crippen molar-refractivity contribution in [2.45, 2.75) is 91.5 Å². The summed E-state index contributed by atoms with van der Waals surface area (Å²) in [5.41, 5.74) is 3.87. The number of hydrogen-bond acceptors (Lipinski definition) is 7. The predicted molar refractivity (Wildman–Crippen MR) is 150 cm³/mol. The molecule has 1 saturated heterocycles. The number of likely N-dealkylation sites (tertiary alicyclic amines) is 1. The van der Waals surface area contributed by atoms with Crippen LogP contribution in [0.25, 0.3) is 10.4 Å². The number of rotatable bonds is 7. The molecule has 0 bridgehead atoms. The van der Waals surface area contributed by atoms with Crippen LogP contribution in [0.5, 0.6) is 0 Å². The van der Waals surface area contributed by atoms with Gasteiger partial charge >= 0.3 is 6.09 Å². The second-order valence-corrected chi connectivity index (χ2v) is 11.3. The molecule has 1 aromatic carbocycles. The van der Waals surface area contributed by atoms with Crippen LogP contribution in [-0.4, -0.2) is 63.7 Å². The fourth-order valence-electron chi connectivity index (χ4n) is 4.05. The SMILES string of the molecule is CCC.Cc1ncsc1-c1ccc(C(NC(=O)C2CCCN2C(=O)CNC(=O)OC(C)(C)C)C(C)O)cc1. The van der Waals surface area contributed by atoms with E-state index in [-0.39, 0.29) is 18.4 Å². The van der Waals surface area contributed by atoms with E-state index < -0.39 is 29.9 Å². The fraction of sp³-hybridized carbons (Fsp3) is 0.571. The van der Waals surface area contributed by atoms with E-state index in [4.69, 9.17) is 4.74 Å². The van der Waals surface area contributed by atoms with Gasteiger partial charge in [0.1, 0.15) is 18.2 Å². The van der Waals surface area contributed by atoms with Gasteiger partial charge in [-0.25, -0.2) is 9.78 Å². The highest BCUT2D eigenvalue weighted by Crippen LogP contribution is 2.29. The van der Waals surface area contributed by atoms with Gasteiger partial charge in [0, 0.05) is 6.54 Å². The highest BCUT2D eigenvalue weighted by atomic mass is 32.1. The molecule has 0 spiro atoms. The molecule has 0 radical (unpaired) electrons. The lowest BCUT2D eigenvalue weighted by Gasteiger charge is -2.28. The molecular weight excluding hydrogens is 504 g/mol. The highest BCUT2D eigenvalue weighted by Gasteiger charge is 2.35. The van der Waals surface area contributed by atoms with Crippen LogP contribution in [0.1, 0.15) is 78.1 Å². The number of carbonyl (C=O) groups is 3. The van der Waals surface area contributed by atoms with Gasteiger partial charge < -0.3 is 25.4 Å². The summed E-state index contributed by atoms with van der Waals surface area (Å²) in [6.07, 6.45) is 0.921. The number of nitrogens with zero attached hydrogens (tertiary/aromatic N) is 2. The third kappa shape index (κ3) is 9.09. The van der Waals surface area contributed by atoms with Crippen molar-refractivity contribution in [3.05, 3.63) is 41.0 Å². The van der Waals surface area contributed by atoms with Crippen LogP contribution in [0.15, 0.2) is 29.8 Å². The zero-order chi connectivity index (χ0) is 28.5. The number of amides is 3. The molecule has 10 heteroatoms. The maximum atomic E-state index is 13.1. The average molecular weight is 547 g/mol. The average Bonchev–Trinajstić information content (AvgIpc) is 3.50. The second kappa shape index (κ2) is 14.2. The first-order chi connectivity index (χ1) is 17.9. The third-order valence-electron chi connectivity index (χ3n) is 5.72. The molecule has 1 fully saturated rings. The zero-order valence-electron chi connectivity index (χ0n) is 23.5. The topological polar surface area (TPSA) is 121 Å². The number of nitrogens with one attached hydrogen (secondary N) is 2. The molecule has 0 saturated carbocycles. The van der Waals surface area contributed by atoms with Gasteiger partial charge in [-0.15, -0.1) is 11.3 Å². The number of ether oxygens (including phenoxy) is 1. The number of thiazole rings is 1. The van der Waals surface area contributed by atoms with Gasteiger partial charge in [-0.3, -0.25) is 9.59 Å². The summed E-state index contributed by atoms with van der Waals surface area (Å²) in [7, 11) is 0. The number of aliphatic hydroxyl groups is 1. The van der Waals surface area contributed by atoms with E-state index in [0.29, 0.717) is 19.4 Å². The minimum Gasteiger partial charge on any atom is -0.444 e. The van der Waals surface area contributed by atoms with Crippen LogP contribution in [0, 0.1) is 6.92 Å². The molecule has 1 aliphatic heterocycles. The summed E-state index contributed by atoms with van der Waals surface area (Å²) in [6, 6.07) is 6.37. The number of aromatic nitrogens is 1. The Morgan fingerprint density at radius 2 is 1.84 bits per heavy atom. The summed E-state index contributed by atoms with van der Waals surface area (Å²) < 4.78 is 5.16. The monoisotopic (exact) mass is 546 g/mol. The van der Waals surface area contributed by atoms with E-state index in [9.17, 15) is 19.5 Å². The Bertz CT molecular complexity index is 1060. The van der Waals surface area contributed by atoms with Crippen LogP contribution in [0.3, 0.4) is 0 Å². The van der Waals surface area contributed by atoms with Crippen molar-refractivity contribution in [2.75, 3.05) is 13.1 Å². The van der Waals surface area contributed by atoms with E-state index in [1.54, 1.807) is 44.5 Å². The van der Waals surface area contributed by atoms with Crippen molar-refractivity contribution in [3.63, 3.8) is 0 Å². The molecule has 9 nitrogen and oxygen atoms in total. The molecule has 38 heavy (non-hydrogen) atoms. The summed E-state index contributed by atoms with van der Waals surface area (Å²) in [4.78, 5) is 44.6. The molecular formula is C28H42N4O5S. The third-order valence-corrected chi connectivity index (χ3v) is 6.69. The Hall–Kier alpha value is -2.98. The summed E-state index contributed by atoms with van der Waals surface area (Å²) in [6.45, 7) is 13.2. The van der Waals surface area contributed by atoms with E-state index >= 15 is 0 Å². The Balaban J connectivity index is 0.00000161. The largest absolute Gasteiger partial charge is 0.444 e. The molecule has 3 rings (SSSR count). The van der Waals surface area contributed by atoms with Crippen LogP contribution in [0.4, 0.5) is 4.79 Å². The first-order valence-corrected chi connectivity index (χ1v) is 14.0. The number of carbonyl (C=O) groups excluding carboxylic acids is 3. The molecule has 0 aliphatic carbocycles. The molecule has 3 atom stereocenters. The molecule has 3 unspecified atom stereocenters. The lowest BCUT2D eigenvalue weighted by atomic mass is 9.99. The van der Waals surface area contributed by atoms with E-state index in [1.807, 2.05) is 31.2 Å². The number of hydrogen-bond donors (Lipinski definition) is 3. The van der Waals surface area contributed by atoms with Crippen molar-refractivity contribution in [2.24, 2.45) is 0 Å². The van der Waals surface area contributed by atoms with Gasteiger partial charge in [-0.1, -0.05) is 44.5 Å². The lowest BCUT2D eigenvalue weighted by Crippen LogP contribution is -2.50. The molecule has 2 heterocycles. The van der Waals surface area contributed by atoms with Crippen molar-refractivity contribution < 1.29 is 24.2 Å². The summed E-state index contributed by atoms with van der Waals surface area (Å²) >= 11 is 1.56. The molecule has 210 valence electrons. The molecule has 1 aliphatic rings. The zero-order valence-corrected chi connectivity index (χ0v) is 24.4. The van der Waals surface area contributed by atoms with Gasteiger partial charge in [0.05, 0.1) is 28.2 Å². The minimum absolute atomic E-state index is 0.253. The van der Waals surface area contributed by atoms with E-state index in [2.05, 4.69) is 29.5 Å². The second-order valence-electron chi connectivity index (χ2n) is 10.4. The van der Waals surface area contributed by atoms with Crippen molar-refractivity contribution in [1.29, 1.82) is 0 Å². The maximum Gasteiger partial charge on any atom is 0.408 e. The molecule has 1 aromatic heterocycles. The number of benzene rings is 1. The van der Waals surface area contributed by atoms with Crippen LogP contribution >= 0.6 is 11.3 Å². The van der Waals surface area contributed by atoms with Crippen molar-refractivity contribution >= 4 is 29.2 Å². The normalized spacial score (nSPS) is 16.6. The van der Waals surface area contributed by atoms with Crippen molar-refractivity contribution in [3.8, 4) is 10.4 Å². The van der Waals surface area contributed by atoms with Gasteiger partial charge in [0.2, 0.25) is 11.8 Å². The number of aliphatic hydroxyl groups excluding tert-OH is 1. The van der Waals surface area contributed by atoms with Crippen LogP contribution < -0.4 is 10.6 Å². The predicted octanol–water partition coefficient (Wildman–Crippen LogP) is 4.59. The van der Waals surface area contributed by atoms with E-state index in [1.165, 1.54) is 11.3 Å². The standard InChI is InChI=1S/C25H34N4O5S.C3H8/c1-15-22(35-14-27-15)18-10-8-17(9-11-18)21(16(2)30)28-23(32)19-7-6-12-29(19)20(31)13-26-24(33)34-25(3,4)5;1-3-2/h8-11,14,16,19,21,30H,6-7,12-13H2,1-5H3,(H,26,33)(H,28,32);3H2,1-2H3. The Labute approximate surface area is 230 Å². The lowest BCUT2D eigenvalue weighted by molar-refractivity contribution is -0.138. The quantitative estimate of drug-likeness (QED) is 0.467. The molecule has 3 amide bonds. The van der Waals surface area contributed by atoms with Crippen LogP contribution in [-0.2, 0) is 14.3 Å². The Morgan fingerprint density at radius 3 is 2.37 bits per heavy atom. The van der Waals surface area contributed by atoms with Gasteiger partial charge in [0.15, 0.2) is 0 Å². The van der Waals surface area contributed by atoms with Gasteiger partial charge in [0.25, 0.3) is 0 Å². The summed E-state index contributed by atoms with van der Waals surface area (Å²) in [5, 5.41) is 15.8. The summed E-state index contributed by atoms with van der Waals surface area (Å²) in [5.74, 6) is -0.687. The number of alkyl carbamates (subject to hydrolysis) is 1. The molecule has 3 N–H and O–H groups in total. The van der Waals surface area contributed by atoms with E-state index in [0.717, 1.165) is 21.7 Å². The molecule has 2 aromatic rings. The van der Waals surface area contributed by atoms with Gasteiger partial charge in [-0.2, -0.15) is 0 Å². The minimum atomic E-state index is -0.839. The highest BCUT2D eigenvalue weighted by molar-refractivity contribution is 7.13. The van der Waals surface area contributed by atoms with Crippen molar-refractivity contribution in [1.82, 2.24) is 20.5 Å². The Morgan fingerprint density at radius 1 is 1.21 bits per heavy atom. The van der Waals surface area contributed by atoms with Crippen LogP contribution in [0.2, 0.25) is 0 Å². The van der Waals surface area contributed by atoms with Gasteiger partial charge in [-0.05, 0) is 58.6 Å².